The molecule has 0 bridgehead atoms. The van der Waals surface area contributed by atoms with E-state index >= 15 is 0 Å². The summed E-state index contributed by atoms with van der Waals surface area (Å²) in [5, 5.41) is 3.31. The van der Waals surface area contributed by atoms with Crippen LogP contribution >= 0.6 is 11.6 Å². The van der Waals surface area contributed by atoms with Crippen molar-refractivity contribution in [2.45, 2.75) is 46.2 Å². The van der Waals surface area contributed by atoms with Crippen LogP contribution in [0.4, 0.5) is 5.69 Å². The highest BCUT2D eigenvalue weighted by molar-refractivity contribution is 7.92. The summed E-state index contributed by atoms with van der Waals surface area (Å²) in [5.41, 5.74) is 2.26. The molecule has 0 fully saturated rings. The van der Waals surface area contributed by atoms with Gasteiger partial charge in [-0.2, -0.15) is 0 Å². The summed E-state index contributed by atoms with van der Waals surface area (Å²) in [7, 11) is -3.76. The monoisotopic (exact) mass is 493 g/mol. The van der Waals surface area contributed by atoms with Crippen LogP contribution in [0.2, 0.25) is 5.02 Å². The number of halogens is 1. The minimum atomic E-state index is -3.76. The van der Waals surface area contributed by atoms with Crippen molar-refractivity contribution < 1.29 is 18.0 Å². The number of hydrogen-bond acceptors (Lipinski definition) is 4. The second kappa shape index (κ2) is 12.0. The van der Waals surface area contributed by atoms with Crippen molar-refractivity contribution in [3.05, 3.63) is 64.7 Å². The van der Waals surface area contributed by atoms with E-state index in [1.54, 1.807) is 24.3 Å². The Kier molecular flexibility index (Phi) is 9.73. The van der Waals surface area contributed by atoms with Gasteiger partial charge >= 0.3 is 0 Å². The van der Waals surface area contributed by atoms with Crippen molar-refractivity contribution in [1.29, 1.82) is 0 Å². The zero-order valence-electron chi connectivity index (χ0n) is 19.5. The Labute approximate surface area is 201 Å². The Morgan fingerprint density at radius 2 is 1.64 bits per heavy atom. The third kappa shape index (κ3) is 7.75. The number of amides is 2. The molecule has 0 saturated heterocycles. The van der Waals surface area contributed by atoms with Crippen molar-refractivity contribution >= 4 is 39.1 Å². The van der Waals surface area contributed by atoms with E-state index < -0.39 is 28.5 Å². The van der Waals surface area contributed by atoms with Gasteiger partial charge in [0.25, 0.3) is 0 Å². The Hall–Kier alpha value is -2.58. The first-order valence-electron chi connectivity index (χ1n) is 10.9. The van der Waals surface area contributed by atoms with Gasteiger partial charge in [-0.05, 0) is 49.6 Å². The maximum atomic E-state index is 13.5. The van der Waals surface area contributed by atoms with E-state index in [1.807, 2.05) is 45.0 Å². The topological polar surface area (TPSA) is 86.8 Å². The van der Waals surface area contributed by atoms with Gasteiger partial charge in [0, 0.05) is 18.1 Å². The molecule has 2 rings (SSSR count). The molecule has 1 N–H and O–H groups in total. The summed E-state index contributed by atoms with van der Waals surface area (Å²) >= 11 is 5.94. The van der Waals surface area contributed by atoms with Gasteiger partial charge in [0.15, 0.2) is 0 Å². The summed E-state index contributed by atoms with van der Waals surface area (Å²) in [6, 6.07) is 13.2. The Bertz CT molecular complexity index is 1040. The fourth-order valence-corrected chi connectivity index (χ4v) is 4.37. The molecule has 180 valence electrons. The lowest BCUT2D eigenvalue weighted by molar-refractivity contribution is -0.140. The molecule has 0 spiro atoms. The van der Waals surface area contributed by atoms with Gasteiger partial charge in [0.05, 0.1) is 11.9 Å². The lowest BCUT2D eigenvalue weighted by atomic mass is 10.1. The van der Waals surface area contributed by atoms with Crippen LogP contribution in [0.3, 0.4) is 0 Å². The number of benzene rings is 2. The van der Waals surface area contributed by atoms with Crippen molar-refractivity contribution in [3.8, 4) is 0 Å². The Balaban J connectivity index is 2.39. The largest absolute Gasteiger partial charge is 0.354 e. The van der Waals surface area contributed by atoms with Gasteiger partial charge < -0.3 is 10.2 Å². The summed E-state index contributed by atoms with van der Waals surface area (Å²) in [6.45, 7) is 6.02. The first kappa shape index (κ1) is 26.7. The number of sulfonamides is 1. The number of nitrogens with zero attached hydrogens (tertiary/aromatic N) is 2. The lowest BCUT2D eigenvalue weighted by Gasteiger charge is -2.33. The SMILES string of the molecule is CCCNC(=O)[C@@H](CC)N(Cc1ccc(C)cc1)C(=O)CN(c1ccc(Cl)cc1)S(C)(=O)=O. The molecular formula is C24H32ClN3O4S. The number of rotatable bonds is 11. The highest BCUT2D eigenvalue weighted by atomic mass is 35.5. The van der Waals surface area contributed by atoms with Gasteiger partial charge in [-0.25, -0.2) is 8.42 Å². The molecule has 0 heterocycles. The summed E-state index contributed by atoms with van der Waals surface area (Å²) < 4.78 is 26.1. The second-order valence-corrected chi connectivity index (χ2v) is 10.3. The van der Waals surface area contributed by atoms with Gasteiger partial charge in [-0.1, -0.05) is 55.3 Å². The fraction of sp³-hybridized carbons (Fsp3) is 0.417. The zero-order chi connectivity index (χ0) is 24.6. The van der Waals surface area contributed by atoms with Gasteiger partial charge in [-0.15, -0.1) is 0 Å². The lowest BCUT2D eigenvalue weighted by Crippen LogP contribution is -2.52. The molecule has 0 aliphatic rings. The number of carbonyl (C=O) groups excluding carboxylic acids is 2. The molecule has 1 atom stereocenters. The normalized spacial score (nSPS) is 12.2. The van der Waals surface area contributed by atoms with Crippen molar-refractivity contribution in [2.24, 2.45) is 0 Å². The smallest absolute Gasteiger partial charge is 0.244 e. The molecule has 0 saturated carbocycles. The van der Waals surface area contributed by atoms with Crippen LogP contribution < -0.4 is 9.62 Å². The quantitative estimate of drug-likeness (QED) is 0.516. The molecule has 2 amide bonds. The zero-order valence-corrected chi connectivity index (χ0v) is 21.1. The number of nitrogens with one attached hydrogen (secondary N) is 1. The van der Waals surface area contributed by atoms with Crippen LogP contribution in [0.25, 0.3) is 0 Å². The first-order chi connectivity index (χ1) is 15.6. The molecule has 2 aromatic rings. The average molecular weight is 494 g/mol. The van der Waals surface area contributed by atoms with E-state index in [1.165, 1.54) is 4.90 Å². The molecule has 0 aromatic heterocycles. The predicted octanol–water partition coefficient (Wildman–Crippen LogP) is 3.75. The summed E-state index contributed by atoms with van der Waals surface area (Å²) in [5.74, 6) is -0.716. The first-order valence-corrected chi connectivity index (χ1v) is 13.2. The predicted molar refractivity (Wildman–Crippen MR) is 133 cm³/mol. The van der Waals surface area contributed by atoms with Gasteiger partial charge in [-0.3, -0.25) is 13.9 Å². The highest BCUT2D eigenvalue weighted by Crippen LogP contribution is 2.22. The Morgan fingerprint density at radius 1 is 1.03 bits per heavy atom. The van der Waals surface area contributed by atoms with E-state index in [0.29, 0.717) is 23.7 Å². The molecule has 2 aromatic carbocycles. The molecule has 33 heavy (non-hydrogen) atoms. The average Bonchev–Trinajstić information content (AvgIpc) is 2.77. The molecule has 7 nitrogen and oxygen atoms in total. The van der Waals surface area contributed by atoms with Gasteiger partial charge in [0.1, 0.15) is 12.6 Å². The number of carbonyl (C=O) groups is 2. The second-order valence-electron chi connectivity index (χ2n) is 7.97. The van der Waals surface area contributed by atoms with Crippen LogP contribution in [0.1, 0.15) is 37.8 Å². The van der Waals surface area contributed by atoms with E-state index in [0.717, 1.165) is 28.1 Å². The highest BCUT2D eigenvalue weighted by Gasteiger charge is 2.31. The number of aryl methyl sites for hydroxylation is 1. The van der Waals surface area contributed by atoms with Crippen molar-refractivity contribution in [3.63, 3.8) is 0 Å². The molecular weight excluding hydrogens is 462 g/mol. The molecule has 0 aliphatic carbocycles. The van der Waals surface area contributed by atoms with Crippen LogP contribution in [-0.4, -0.2) is 50.5 Å². The minimum Gasteiger partial charge on any atom is -0.354 e. The number of hydrogen-bond donors (Lipinski definition) is 1. The van der Waals surface area contributed by atoms with Crippen molar-refractivity contribution in [1.82, 2.24) is 10.2 Å². The third-order valence-corrected chi connectivity index (χ3v) is 6.60. The Morgan fingerprint density at radius 3 is 2.15 bits per heavy atom. The summed E-state index contributed by atoms with van der Waals surface area (Å²) in [6.07, 6.45) is 2.21. The van der Waals surface area contributed by atoms with Crippen LogP contribution in [0, 0.1) is 6.92 Å². The summed E-state index contributed by atoms with van der Waals surface area (Å²) in [4.78, 5) is 27.8. The van der Waals surface area contributed by atoms with E-state index in [9.17, 15) is 18.0 Å². The van der Waals surface area contributed by atoms with Crippen LogP contribution in [0.15, 0.2) is 48.5 Å². The third-order valence-electron chi connectivity index (χ3n) is 5.20. The van der Waals surface area contributed by atoms with E-state index in [-0.39, 0.29) is 12.5 Å². The molecule has 9 heteroatoms. The van der Waals surface area contributed by atoms with E-state index in [4.69, 9.17) is 11.6 Å². The maximum Gasteiger partial charge on any atom is 0.244 e. The molecule has 0 radical (unpaired) electrons. The van der Waals surface area contributed by atoms with Crippen LogP contribution in [-0.2, 0) is 26.2 Å². The maximum absolute atomic E-state index is 13.5. The standard InChI is InChI=1S/C24H32ClN3O4S/c1-5-15-26-24(30)22(6-2)27(16-19-9-7-18(3)8-10-19)23(29)17-28(33(4,31)32)21-13-11-20(25)12-14-21/h7-14,22H,5-6,15-17H2,1-4H3,(H,26,30)/t22-/m1/s1. The van der Waals surface area contributed by atoms with E-state index in [2.05, 4.69) is 5.32 Å². The molecule has 0 aliphatic heterocycles. The van der Waals surface area contributed by atoms with Crippen molar-refractivity contribution in [2.75, 3.05) is 23.7 Å². The van der Waals surface area contributed by atoms with Crippen LogP contribution in [0.5, 0.6) is 0 Å². The van der Waals surface area contributed by atoms with Gasteiger partial charge in [0.2, 0.25) is 21.8 Å². The fourth-order valence-electron chi connectivity index (χ4n) is 3.40. The molecule has 0 unspecified atom stereocenters. The minimum absolute atomic E-state index is 0.190. The number of anilines is 1.